The normalized spacial score (nSPS) is 21.4. The first-order chi connectivity index (χ1) is 12.1. The molecule has 0 spiro atoms. The van der Waals surface area contributed by atoms with Gasteiger partial charge >= 0.3 is 0 Å². The molecule has 146 valence electrons. The molecule has 2 fully saturated rings. The number of carbonyl (C=O) groups is 1. The van der Waals surface area contributed by atoms with Gasteiger partial charge in [0.15, 0.2) is 0 Å². The van der Waals surface area contributed by atoms with E-state index >= 15 is 0 Å². The molecule has 0 saturated carbocycles. The molecule has 2 saturated heterocycles. The summed E-state index contributed by atoms with van der Waals surface area (Å²) in [4.78, 5) is 17.0. The summed E-state index contributed by atoms with van der Waals surface area (Å²) in [6.45, 7) is 12.1. The predicted octanol–water partition coefficient (Wildman–Crippen LogP) is 2.51. The van der Waals surface area contributed by atoms with Crippen molar-refractivity contribution in [2.75, 3.05) is 52.4 Å². The average molecular weight is 354 g/mol. The second kappa shape index (κ2) is 11.9. The molecular formula is C20H39N3O2. The maximum absolute atomic E-state index is 12.0. The fourth-order valence-corrected chi connectivity index (χ4v) is 3.89. The van der Waals surface area contributed by atoms with Gasteiger partial charge in [-0.3, -0.25) is 9.69 Å². The highest BCUT2D eigenvalue weighted by Crippen LogP contribution is 2.20. The van der Waals surface area contributed by atoms with Crippen molar-refractivity contribution in [3.63, 3.8) is 0 Å². The Kier molecular flexibility index (Phi) is 9.81. The zero-order chi connectivity index (χ0) is 17.9. The van der Waals surface area contributed by atoms with Crippen LogP contribution in [-0.2, 0) is 9.53 Å². The van der Waals surface area contributed by atoms with Crippen molar-refractivity contribution in [2.45, 2.75) is 64.9 Å². The van der Waals surface area contributed by atoms with Gasteiger partial charge in [0.25, 0.3) is 0 Å². The second-order valence-corrected chi connectivity index (χ2v) is 8.06. The summed E-state index contributed by atoms with van der Waals surface area (Å²) in [6.07, 6.45) is 9.22. The smallest absolute Gasteiger partial charge is 0.234 e. The monoisotopic (exact) mass is 353 g/mol. The number of hydrogen-bond donors (Lipinski definition) is 1. The Morgan fingerprint density at radius 1 is 1.04 bits per heavy atom. The number of nitrogens with zero attached hydrogens (tertiary/aromatic N) is 2. The van der Waals surface area contributed by atoms with Crippen molar-refractivity contribution in [3.05, 3.63) is 0 Å². The van der Waals surface area contributed by atoms with E-state index in [-0.39, 0.29) is 12.0 Å². The van der Waals surface area contributed by atoms with Crippen LogP contribution in [0.2, 0.25) is 0 Å². The van der Waals surface area contributed by atoms with Crippen molar-refractivity contribution in [1.82, 2.24) is 15.1 Å². The van der Waals surface area contributed by atoms with Crippen LogP contribution in [0.1, 0.15) is 58.8 Å². The minimum absolute atomic E-state index is 0.163. The Bertz CT molecular complexity index is 360. The van der Waals surface area contributed by atoms with Gasteiger partial charge in [0.1, 0.15) is 0 Å². The Morgan fingerprint density at radius 3 is 2.36 bits per heavy atom. The fraction of sp³-hybridized carbons (Fsp3) is 0.950. The van der Waals surface area contributed by atoms with E-state index in [0.29, 0.717) is 6.54 Å². The number of ether oxygens (including phenoxy) is 1. The minimum Gasteiger partial charge on any atom is -0.379 e. The van der Waals surface area contributed by atoms with E-state index in [1.165, 1.54) is 58.2 Å². The van der Waals surface area contributed by atoms with Gasteiger partial charge < -0.3 is 15.0 Å². The third-order valence-electron chi connectivity index (χ3n) is 5.38. The van der Waals surface area contributed by atoms with Crippen molar-refractivity contribution >= 4 is 5.91 Å². The molecule has 1 amide bonds. The second-order valence-electron chi connectivity index (χ2n) is 8.06. The zero-order valence-corrected chi connectivity index (χ0v) is 16.5. The Balaban J connectivity index is 1.53. The topological polar surface area (TPSA) is 44.8 Å². The van der Waals surface area contributed by atoms with E-state index < -0.39 is 0 Å². The van der Waals surface area contributed by atoms with E-state index in [4.69, 9.17) is 4.74 Å². The molecule has 0 aromatic rings. The molecule has 0 bridgehead atoms. The summed E-state index contributed by atoms with van der Waals surface area (Å²) in [7, 11) is 0. The lowest BCUT2D eigenvalue weighted by atomic mass is 9.96. The van der Waals surface area contributed by atoms with Gasteiger partial charge in [-0.2, -0.15) is 0 Å². The first kappa shape index (κ1) is 20.7. The van der Waals surface area contributed by atoms with Gasteiger partial charge in [-0.1, -0.05) is 12.8 Å². The molecule has 0 aromatic heterocycles. The largest absolute Gasteiger partial charge is 0.379 e. The number of rotatable bonds is 9. The number of piperidine rings is 1. The summed E-state index contributed by atoms with van der Waals surface area (Å²) < 4.78 is 5.49. The van der Waals surface area contributed by atoms with Crippen LogP contribution in [0.15, 0.2) is 0 Å². The van der Waals surface area contributed by atoms with Crippen LogP contribution in [0.3, 0.4) is 0 Å². The van der Waals surface area contributed by atoms with Crippen LogP contribution in [0.25, 0.3) is 0 Å². The highest BCUT2D eigenvalue weighted by atomic mass is 16.5. The Labute approximate surface area is 154 Å². The first-order valence-corrected chi connectivity index (χ1v) is 10.5. The van der Waals surface area contributed by atoms with Crippen LogP contribution in [0, 0.1) is 5.92 Å². The third kappa shape index (κ3) is 9.02. The highest BCUT2D eigenvalue weighted by molar-refractivity contribution is 5.77. The third-order valence-corrected chi connectivity index (χ3v) is 5.38. The number of nitrogens with one attached hydrogen (secondary N) is 1. The van der Waals surface area contributed by atoms with Crippen molar-refractivity contribution < 1.29 is 9.53 Å². The van der Waals surface area contributed by atoms with Gasteiger partial charge in [-0.25, -0.2) is 0 Å². The molecule has 25 heavy (non-hydrogen) atoms. The van der Waals surface area contributed by atoms with E-state index in [1.807, 2.05) is 13.8 Å². The molecule has 2 aliphatic rings. The maximum Gasteiger partial charge on any atom is 0.234 e. The predicted molar refractivity (Wildman–Crippen MR) is 103 cm³/mol. The van der Waals surface area contributed by atoms with Crippen molar-refractivity contribution in [3.8, 4) is 0 Å². The zero-order valence-electron chi connectivity index (χ0n) is 16.5. The molecule has 5 heteroatoms. The average Bonchev–Trinajstić information content (AvgIpc) is 2.85. The van der Waals surface area contributed by atoms with Crippen LogP contribution < -0.4 is 5.32 Å². The van der Waals surface area contributed by atoms with Crippen LogP contribution in [-0.4, -0.2) is 74.2 Å². The maximum atomic E-state index is 12.0. The number of hydrogen-bond acceptors (Lipinski definition) is 4. The van der Waals surface area contributed by atoms with Crippen molar-refractivity contribution in [2.24, 2.45) is 5.92 Å². The number of amides is 1. The highest BCUT2D eigenvalue weighted by Gasteiger charge is 2.23. The van der Waals surface area contributed by atoms with Gasteiger partial charge in [0, 0.05) is 19.7 Å². The van der Waals surface area contributed by atoms with E-state index in [0.717, 1.165) is 38.6 Å². The summed E-state index contributed by atoms with van der Waals surface area (Å²) >= 11 is 0. The lowest BCUT2D eigenvalue weighted by molar-refractivity contribution is -0.122. The Hall–Kier alpha value is -0.650. The fourth-order valence-electron chi connectivity index (χ4n) is 3.89. The van der Waals surface area contributed by atoms with E-state index in [2.05, 4.69) is 15.1 Å². The molecule has 1 N–H and O–H groups in total. The summed E-state index contributed by atoms with van der Waals surface area (Å²) in [5.41, 5.74) is 0. The lowest BCUT2D eigenvalue weighted by Crippen LogP contribution is -2.43. The van der Waals surface area contributed by atoms with Gasteiger partial charge in [-0.05, 0) is 78.0 Å². The van der Waals surface area contributed by atoms with E-state index in [9.17, 15) is 4.79 Å². The molecule has 2 rings (SSSR count). The summed E-state index contributed by atoms with van der Waals surface area (Å²) in [5, 5.41) is 3.02. The SMILES string of the molecule is CC(C)OCCCNC(=O)CN1CCC(CN2CCCCCC2)CC1. The van der Waals surface area contributed by atoms with Crippen LogP contribution in [0.5, 0.6) is 0 Å². The molecule has 0 atom stereocenters. The summed E-state index contributed by atoms with van der Waals surface area (Å²) in [6, 6.07) is 0. The molecule has 2 heterocycles. The number of likely N-dealkylation sites (tertiary alicyclic amines) is 2. The summed E-state index contributed by atoms with van der Waals surface area (Å²) in [5.74, 6) is 0.987. The van der Waals surface area contributed by atoms with E-state index in [1.54, 1.807) is 0 Å². The van der Waals surface area contributed by atoms with Gasteiger partial charge in [-0.15, -0.1) is 0 Å². The molecule has 0 unspecified atom stereocenters. The van der Waals surface area contributed by atoms with Gasteiger partial charge in [0.2, 0.25) is 5.91 Å². The molecule has 0 aliphatic carbocycles. The molecule has 0 aromatic carbocycles. The lowest BCUT2D eigenvalue weighted by Gasteiger charge is -2.34. The standard InChI is InChI=1S/C20H39N3O2/c1-18(2)25-15-7-10-21-20(24)17-23-13-8-19(9-14-23)16-22-11-5-3-4-6-12-22/h18-19H,3-17H2,1-2H3,(H,21,24). The Morgan fingerprint density at radius 2 is 1.72 bits per heavy atom. The van der Waals surface area contributed by atoms with Crippen LogP contribution >= 0.6 is 0 Å². The molecule has 2 aliphatic heterocycles. The quantitative estimate of drug-likeness (QED) is 0.647. The molecule has 5 nitrogen and oxygen atoms in total. The van der Waals surface area contributed by atoms with Gasteiger partial charge in [0.05, 0.1) is 12.6 Å². The first-order valence-electron chi connectivity index (χ1n) is 10.5. The number of carbonyl (C=O) groups excluding carboxylic acids is 1. The van der Waals surface area contributed by atoms with Crippen LogP contribution in [0.4, 0.5) is 0 Å². The van der Waals surface area contributed by atoms with Crippen molar-refractivity contribution in [1.29, 1.82) is 0 Å². The molecular weight excluding hydrogens is 314 g/mol. The minimum atomic E-state index is 0.163. The molecule has 0 radical (unpaired) electrons.